The highest BCUT2D eigenvalue weighted by atomic mass is 32.2. The van der Waals surface area contributed by atoms with Gasteiger partial charge in [-0.2, -0.15) is 21.1 Å². The first-order chi connectivity index (χ1) is 26.5. The van der Waals surface area contributed by atoms with Crippen molar-refractivity contribution in [1.29, 1.82) is 0 Å². The summed E-state index contributed by atoms with van der Waals surface area (Å²) in [7, 11) is -11.1. The third-order valence-corrected chi connectivity index (χ3v) is 12.0. The molecule has 0 unspecified atom stereocenters. The van der Waals surface area contributed by atoms with Gasteiger partial charge < -0.3 is 29.6 Å². The first-order valence-corrected chi connectivity index (χ1v) is 20.8. The molecule has 5 rings (SSSR count). The van der Waals surface area contributed by atoms with Gasteiger partial charge in [0.1, 0.15) is 32.8 Å². The van der Waals surface area contributed by atoms with E-state index in [1.165, 1.54) is 67.1 Å². The van der Waals surface area contributed by atoms with Crippen LogP contribution in [0.3, 0.4) is 0 Å². The average Bonchev–Trinajstić information content (AvgIpc) is 3.17. The highest BCUT2D eigenvalue weighted by Gasteiger charge is 2.30. The molecule has 0 aliphatic carbocycles. The summed E-state index contributed by atoms with van der Waals surface area (Å²) in [5, 5.41) is 5.03. The summed E-state index contributed by atoms with van der Waals surface area (Å²) in [4.78, 5) is 24.6. The molecule has 0 bridgehead atoms. The Morgan fingerprint density at radius 2 is 1.21 bits per heavy atom. The summed E-state index contributed by atoms with van der Waals surface area (Å²) < 4.78 is 118. The Bertz CT molecular complexity index is 2470. The summed E-state index contributed by atoms with van der Waals surface area (Å²) in [5.41, 5.74) is -0.203. The van der Waals surface area contributed by atoms with E-state index in [4.69, 9.17) is 18.9 Å². The minimum Gasteiger partial charge on any atom is -0.495 e. The third kappa shape index (κ3) is 10.4. The van der Waals surface area contributed by atoms with E-state index in [0.717, 1.165) is 30.4 Å². The monoisotopic (exact) mass is 831 g/mol. The topological polar surface area (TPSA) is 241 Å². The van der Waals surface area contributed by atoms with Crippen molar-refractivity contribution < 1.29 is 62.9 Å². The lowest BCUT2D eigenvalue weighted by molar-refractivity contribution is 0.0729. The highest BCUT2D eigenvalue weighted by Crippen LogP contribution is 2.30. The second kappa shape index (κ2) is 17.7. The van der Waals surface area contributed by atoms with Crippen LogP contribution in [0.5, 0.6) is 11.5 Å². The van der Waals surface area contributed by atoms with E-state index >= 15 is 0 Å². The maximum Gasteiger partial charge on any atom is 0.295 e. The van der Waals surface area contributed by atoms with Gasteiger partial charge in [0, 0.05) is 42.7 Å². The van der Waals surface area contributed by atoms with Crippen LogP contribution in [0.1, 0.15) is 31.8 Å². The molecular formula is C36H37N3O14S3. The number of carbonyl (C=O) groups is 2. The summed E-state index contributed by atoms with van der Waals surface area (Å²) in [6.45, 7) is 1.28. The fraction of sp³-hybridized carbons (Fsp3) is 0.222. The van der Waals surface area contributed by atoms with Gasteiger partial charge in [0.15, 0.2) is 0 Å². The molecule has 1 fully saturated rings. The Morgan fingerprint density at radius 3 is 1.71 bits per heavy atom. The van der Waals surface area contributed by atoms with Crippen molar-refractivity contribution in [2.75, 3.05) is 64.4 Å². The van der Waals surface area contributed by atoms with Crippen LogP contribution in [-0.2, 0) is 39.7 Å². The molecule has 17 nitrogen and oxygen atoms in total. The van der Waals surface area contributed by atoms with E-state index < -0.39 is 51.9 Å². The number of hydrogen-bond acceptors (Lipinski definition) is 12. The predicted molar refractivity (Wildman–Crippen MR) is 204 cm³/mol. The molecule has 0 saturated carbocycles. The summed E-state index contributed by atoms with van der Waals surface area (Å²) in [5.74, 6) is -0.902. The Labute approximate surface area is 323 Å². The van der Waals surface area contributed by atoms with Gasteiger partial charge in [-0.15, -0.1) is 0 Å². The molecule has 2 amide bonds. The molecule has 1 heterocycles. The molecule has 1 aliphatic heterocycles. The van der Waals surface area contributed by atoms with Crippen molar-refractivity contribution in [3.63, 3.8) is 0 Å². The van der Waals surface area contributed by atoms with Crippen LogP contribution in [0.15, 0.2) is 93.5 Å². The molecule has 298 valence electrons. The number of sulfonamides is 1. The van der Waals surface area contributed by atoms with Gasteiger partial charge in [-0.3, -0.25) is 18.7 Å². The number of benzene rings is 4. The SMILES string of the molecule is COCCOc1ccc(C(=O)Nc2ccc(C=Cc3ccc(NC(=O)c4ccc(OC)c(S(=O)(=O)N5CCOCC5)c4)cc3S(=O)(=O)O)c(S(=O)(=O)O)c2)cc1. The van der Waals surface area contributed by atoms with Crippen LogP contribution in [0, 0.1) is 0 Å². The fourth-order valence-electron chi connectivity index (χ4n) is 5.42. The van der Waals surface area contributed by atoms with Crippen LogP contribution in [0.25, 0.3) is 12.2 Å². The van der Waals surface area contributed by atoms with Gasteiger partial charge in [0.25, 0.3) is 32.1 Å². The number of rotatable bonds is 15. The smallest absolute Gasteiger partial charge is 0.295 e. The number of carbonyl (C=O) groups excluding carboxylic acids is 2. The predicted octanol–water partition coefficient (Wildman–Crippen LogP) is 3.91. The molecule has 0 atom stereocenters. The average molecular weight is 832 g/mol. The van der Waals surface area contributed by atoms with E-state index in [1.807, 2.05) is 0 Å². The van der Waals surface area contributed by atoms with Gasteiger partial charge in [0.05, 0.1) is 26.9 Å². The van der Waals surface area contributed by atoms with E-state index in [1.54, 1.807) is 12.1 Å². The van der Waals surface area contributed by atoms with Gasteiger partial charge in [-0.05, 0) is 77.9 Å². The summed E-state index contributed by atoms with van der Waals surface area (Å²) in [6.07, 6.45) is 2.31. The number of anilines is 2. The second-order valence-electron chi connectivity index (χ2n) is 11.9. The molecule has 0 aromatic heterocycles. The molecule has 4 aromatic rings. The van der Waals surface area contributed by atoms with Crippen molar-refractivity contribution in [2.45, 2.75) is 14.7 Å². The molecule has 56 heavy (non-hydrogen) atoms. The zero-order chi connectivity index (χ0) is 40.7. The normalized spacial score (nSPS) is 14.0. The van der Waals surface area contributed by atoms with Crippen molar-refractivity contribution >= 4 is 65.6 Å². The number of morpholine rings is 1. The van der Waals surface area contributed by atoms with Gasteiger partial charge in [-0.1, -0.05) is 24.3 Å². The Morgan fingerprint density at radius 1 is 0.696 bits per heavy atom. The molecule has 0 radical (unpaired) electrons. The van der Waals surface area contributed by atoms with E-state index in [9.17, 15) is 43.9 Å². The maximum atomic E-state index is 13.4. The van der Waals surface area contributed by atoms with E-state index in [0.29, 0.717) is 19.0 Å². The quantitative estimate of drug-likeness (QED) is 0.0755. The van der Waals surface area contributed by atoms with Crippen LogP contribution in [-0.4, -0.2) is 104 Å². The van der Waals surface area contributed by atoms with Gasteiger partial charge in [0.2, 0.25) is 10.0 Å². The number of nitrogens with one attached hydrogen (secondary N) is 2. The first kappa shape index (κ1) is 42.0. The second-order valence-corrected chi connectivity index (χ2v) is 16.6. The Hall–Kier alpha value is -5.19. The molecule has 20 heteroatoms. The molecular weight excluding hydrogens is 795 g/mol. The third-order valence-electron chi connectivity index (χ3n) is 8.23. The van der Waals surface area contributed by atoms with E-state index in [2.05, 4.69) is 10.6 Å². The summed E-state index contributed by atoms with van der Waals surface area (Å²) >= 11 is 0. The molecule has 1 aliphatic rings. The van der Waals surface area contributed by atoms with Crippen molar-refractivity contribution in [2.24, 2.45) is 0 Å². The molecule has 1 saturated heterocycles. The summed E-state index contributed by atoms with van der Waals surface area (Å²) in [6, 6.07) is 17.0. The number of methoxy groups -OCH3 is 2. The van der Waals surface area contributed by atoms with Crippen LogP contribution in [0.2, 0.25) is 0 Å². The first-order valence-electron chi connectivity index (χ1n) is 16.5. The lowest BCUT2D eigenvalue weighted by atomic mass is 10.1. The van der Waals surface area contributed by atoms with Gasteiger partial charge >= 0.3 is 0 Å². The zero-order valence-electron chi connectivity index (χ0n) is 29.9. The number of hydrogen-bond donors (Lipinski definition) is 4. The van der Waals surface area contributed by atoms with Crippen LogP contribution < -0.4 is 20.1 Å². The minimum atomic E-state index is -4.94. The zero-order valence-corrected chi connectivity index (χ0v) is 32.3. The lowest BCUT2D eigenvalue weighted by Gasteiger charge is -2.26. The van der Waals surface area contributed by atoms with Crippen molar-refractivity contribution in [1.82, 2.24) is 4.31 Å². The van der Waals surface area contributed by atoms with Crippen molar-refractivity contribution in [3.8, 4) is 11.5 Å². The lowest BCUT2D eigenvalue weighted by Crippen LogP contribution is -2.40. The number of ether oxygens (including phenoxy) is 4. The maximum absolute atomic E-state index is 13.4. The van der Waals surface area contributed by atoms with Gasteiger partial charge in [-0.25, -0.2) is 8.42 Å². The highest BCUT2D eigenvalue weighted by molar-refractivity contribution is 7.89. The van der Waals surface area contributed by atoms with Crippen LogP contribution >= 0.6 is 0 Å². The minimum absolute atomic E-state index is 0.000696. The largest absolute Gasteiger partial charge is 0.495 e. The molecule has 4 aromatic carbocycles. The van der Waals surface area contributed by atoms with E-state index in [-0.39, 0.29) is 70.6 Å². The fourth-order valence-corrected chi connectivity index (χ4v) is 8.43. The Balaban J connectivity index is 1.37. The van der Waals surface area contributed by atoms with Crippen molar-refractivity contribution in [3.05, 3.63) is 101 Å². The molecule has 0 spiro atoms. The number of amides is 2. The van der Waals surface area contributed by atoms with Crippen LogP contribution in [0.4, 0.5) is 11.4 Å². The Kier molecular flexibility index (Phi) is 13.3. The number of nitrogens with zero attached hydrogens (tertiary/aromatic N) is 1. The standard InChI is InChI=1S/C36H37N3O14S3/c1-50-19-20-53-30-12-7-26(8-13-30)35(40)37-28-10-5-24(32(22-28)55(44,45)46)3-4-25-6-11-29(23-33(25)56(47,48)49)38-36(41)27-9-14-31(51-2)34(21-27)54(42,43)39-15-17-52-18-16-39/h3-14,21-23H,15-20H2,1-2H3,(H,37,40)(H,38,41)(H,44,45,46)(H,47,48,49). The molecule has 4 N–H and O–H groups in total.